The zero-order valence-corrected chi connectivity index (χ0v) is 23.6. The van der Waals surface area contributed by atoms with E-state index in [1.165, 1.54) is 11.1 Å². The van der Waals surface area contributed by atoms with Crippen LogP contribution in [0.4, 0.5) is 5.69 Å². The van der Waals surface area contributed by atoms with Gasteiger partial charge in [0, 0.05) is 49.1 Å². The van der Waals surface area contributed by atoms with Crippen molar-refractivity contribution < 1.29 is 14.4 Å². The number of rotatable bonds is 11. The van der Waals surface area contributed by atoms with Gasteiger partial charge in [-0.1, -0.05) is 49.3 Å². The molecular weight excluding hydrogens is 510 g/mol. The maximum absolute atomic E-state index is 13.7. The average molecular weight is 548 g/mol. The van der Waals surface area contributed by atoms with Crippen molar-refractivity contribution in [2.75, 3.05) is 23.7 Å². The Morgan fingerprint density at radius 2 is 2.00 bits per heavy atom. The highest BCUT2D eigenvalue weighted by Crippen LogP contribution is 2.37. The minimum Gasteiger partial charge on any atom is -0.390 e. The van der Waals surface area contributed by atoms with Crippen molar-refractivity contribution in [1.29, 1.82) is 0 Å². The van der Waals surface area contributed by atoms with E-state index < -0.39 is 12.1 Å². The van der Waals surface area contributed by atoms with Crippen molar-refractivity contribution in [2.24, 2.45) is 0 Å². The lowest BCUT2D eigenvalue weighted by Crippen LogP contribution is -2.48. The first-order chi connectivity index (χ1) is 19.0. The molecule has 5 rings (SSSR count). The average Bonchev–Trinajstić information content (AvgIpc) is 3.52. The molecule has 0 aliphatic carbocycles. The third kappa shape index (κ3) is 6.16. The van der Waals surface area contributed by atoms with Gasteiger partial charge in [0.2, 0.25) is 0 Å². The maximum atomic E-state index is 13.7. The molecule has 1 amide bonds. The molecule has 206 valence electrons. The van der Waals surface area contributed by atoms with Crippen LogP contribution in [0.1, 0.15) is 46.8 Å². The second kappa shape index (κ2) is 12.3. The standard InChI is InChI=1S/C30H37N5O3S/c1-4-21-19-35-11-12-39-34(3)27-15-22(14-25(21)29(27)35)30(37)32-26(13-20-9-7-6-8-10-20)28(36)18-31-17-24-16-23(5-2)33-38-24/h6-10,14-16,19,26,28,31,36H,4-5,11-13,17-18H2,1-3H3,(H,32,37)/t26-,28+/m0/s1. The van der Waals surface area contributed by atoms with Gasteiger partial charge in [0.05, 0.1) is 35.6 Å². The first kappa shape index (κ1) is 27.3. The van der Waals surface area contributed by atoms with Crippen LogP contribution >= 0.6 is 11.9 Å². The number of nitrogens with one attached hydrogen (secondary N) is 2. The van der Waals surface area contributed by atoms with E-state index in [0.29, 0.717) is 25.1 Å². The Morgan fingerprint density at radius 3 is 2.74 bits per heavy atom. The molecule has 0 fully saturated rings. The Morgan fingerprint density at radius 1 is 1.18 bits per heavy atom. The molecular formula is C30H37N5O3S. The summed E-state index contributed by atoms with van der Waals surface area (Å²) >= 11 is 1.76. The highest BCUT2D eigenvalue weighted by Gasteiger charge is 2.25. The summed E-state index contributed by atoms with van der Waals surface area (Å²) in [5.74, 6) is 1.51. The Hall–Kier alpha value is -3.27. The number of amides is 1. The third-order valence-corrected chi connectivity index (χ3v) is 8.29. The van der Waals surface area contributed by atoms with Gasteiger partial charge in [-0.2, -0.15) is 0 Å². The van der Waals surface area contributed by atoms with Gasteiger partial charge in [-0.15, -0.1) is 0 Å². The van der Waals surface area contributed by atoms with Crippen LogP contribution in [0.3, 0.4) is 0 Å². The van der Waals surface area contributed by atoms with Crippen LogP contribution in [-0.2, 0) is 32.4 Å². The third-order valence-electron chi connectivity index (χ3n) is 7.34. The summed E-state index contributed by atoms with van der Waals surface area (Å²) in [6.45, 7) is 5.87. The Labute approximate surface area is 233 Å². The van der Waals surface area contributed by atoms with Crippen molar-refractivity contribution in [1.82, 2.24) is 20.4 Å². The minimum atomic E-state index is -0.807. The van der Waals surface area contributed by atoms with E-state index in [1.54, 1.807) is 11.9 Å². The van der Waals surface area contributed by atoms with Crippen LogP contribution in [0, 0.1) is 0 Å². The number of aryl methyl sites for hydroxylation is 3. The largest absolute Gasteiger partial charge is 0.390 e. The molecule has 2 aromatic carbocycles. The van der Waals surface area contributed by atoms with Crippen molar-refractivity contribution in [3.05, 3.63) is 82.9 Å². The number of benzene rings is 2. The number of hydrogen-bond acceptors (Lipinski definition) is 7. The van der Waals surface area contributed by atoms with E-state index in [4.69, 9.17) is 4.52 Å². The Bertz CT molecular complexity index is 1420. The molecule has 3 N–H and O–H groups in total. The number of aliphatic hydroxyl groups is 1. The van der Waals surface area contributed by atoms with Crippen LogP contribution in [0.5, 0.6) is 0 Å². The van der Waals surface area contributed by atoms with E-state index in [-0.39, 0.29) is 5.91 Å². The maximum Gasteiger partial charge on any atom is 0.251 e. The number of aliphatic hydroxyl groups excluding tert-OH is 1. The van der Waals surface area contributed by atoms with E-state index in [0.717, 1.165) is 53.2 Å². The summed E-state index contributed by atoms with van der Waals surface area (Å²) in [5.41, 5.74) is 6.02. The van der Waals surface area contributed by atoms with E-state index in [1.807, 2.05) is 55.5 Å². The first-order valence-electron chi connectivity index (χ1n) is 13.7. The van der Waals surface area contributed by atoms with E-state index in [2.05, 4.69) is 44.8 Å². The second-order valence-electron chi connectivity index (χ2n) is 10.0. The molecule has 1 aliphatic rings. The number of nitrogens with zero attached hydrogens (tertiary/aromatic N) is 3. The lowest BCUT2D eigenvalue weighted by Gasteiger charge is -2.25. The predicted octanol–water partition coefficient (Wildman–Crippen LogP) is 4.34. The molecule has 0 spiro atoms. The fraction of sp³-hybridized carbons (Fsp3) is 0.400. The normalized spacial score (nSPS) is 14.8. The second-order valence-corrected chi connectivity index (χ2v) is 11.2. The number of carbonyl (C=O) groups is 1. The number of hydrogen-bond donors (Lipinski definition) is 3. The SMILES string of the molecule is CCc1cc(CNC[C@@H](O)[C@H](Cc2ccccc2)NC(=O)c2cc3c4c(c2)c(CC)cn4CCSN3C)on1. The van der Waals surface area contributed by atoms with Gasteiger partial charge in [0.1, 0.15) is 0 Å². The predicted molar refractivity (Wildman–Crippen MR) is 157 cm³/mol. The quantitative estimate of drug-likeness (QED) is 0.240. The summed E-state index contributed by atoms with van der Waals surface area (Å²) in [6, 6.07) is 15.4. The summed E-state index contributed by atoms with van der Waals surface area (Å²) in [4.78, 5) is 13.7. The Kier molecular flexibility index (Phi) is 8.60. The van der Waals surface area contributed by atoms with Gasteiger partial charge >= 0.3 is 0 Å². The van der Waals surface area contributed by atoms with Gasteiger partial charge < -0.3 is 29.1 Å². The van der Waals surface area contributed by atoms with Crippen molar-refractivity contribution in [2.45, 2.75) is 58.3 Å². The van der Waals surface area contributed by atoms with E-state index in [9.17, 15) is 9.90 Å². The van der Waals surface area contributed by atoms with Gasteiger partial charge in [-0.05, 0) is 54.5 Å². The molecule has 1 aliphatic heterocycles. The molecule has 4 aromatic rings. The summed E-state index contributed by atoms with van der Waals surface area (Å²) < 4.78 is 9.82. The lowest BCUT2D eigenvalue weighted by molar-refractivity contribution is 0.0828. The first-order valence-corrected chi connectivity index (χ1v) is 14.6. The van der Waals surface area contributed by atoms with Gasteiger partial charge in [0.15, 0.2) is 5.76 Å². The smallest absolute Gasteiger partial charge is 0.251 e. The highest BCUT2D eigenvalue weighted by atomic mass is 32.2. The fourth-order valence-corrected chi connectivity index (χ4v) is 5.99. The van der Waals surface area contributed by atoms with Gasteiger partial charge in [0.25, 0.3) is 5.91 Å². The molecule has 0 radical (unpaired) electrons. The lowest BCUT2D eigenvalue weighted by atomic mass is 10.00. The fourth-order valence-electron chi connectivity index (χ4n) is 5.16. The molecule has 0 saturated heterocycles. The Balaban J connectivity index is 1.37. The molecule has 2 atom stereocenters. The minimum absolute atomic E-state index is 0.187. The van der Waals surface area contributed by atoms with Gasteiger partial charge in [-0.25, -0.2) is 0 Å². The summed E-state index contributed by atoms with van der Waals surface area (Å²) in [7, 11) is 2.06. The molecule has 0 saturated carbocycles. The number of aromatic nitrogens is 2. The number of anilines is 1. The van der Waals surface area contributed by atoms with Crippen molar-refractivity contribution in [3.63, 3.8) is 0 Å². The van der Waals surface area contributed by atoms with Crippen LogP contribution < -0.4 is 14.9 Å². The molecule has 0 bridgehead atoms. The molecule has 39 heavy (non-hydrogen) atoms. The van der Waals surface area contributed by atoms with Crippen LogP contribution in [-0.4, -0.2) is 52.2 Å². The van der Waals surface area contributed by atoms with Crippen LogP contribution in [0.15, 0.2) is 59.3 Å². The van der Waals surface area contributed by atoms with Crippen LogP contribution in [0.2, 0.25) is 0 Å². The van der Waals surface area contributed by atoms with E-state index >= 15 is 0 Å². The summed E-state index contributed by atoms with van der Waals surface area (Å²) in [6.07, 6.45) is 3.64. The highest BCUT2D eigenvalue weighted by molar-refractivity contribution is 8.00. The van der Waals surface area contributed by atoms with Crippen molar-refractivity contribution >= 4 is 34.4 Å². The zero-order chi connectivity index (χ0) is 27.4. The molecule has 8 nitrogen and oxygen atoms in total. The molecule has 0 unspecified atom stereocenters. The number of carbonyl (C=O) groups excluding carboxylic acids is 1. The van der Waals surface area contributed by atoms with Crippen LogP contribution in [0.25, 0.3) is 10.9 Å². The monoisotopic (exact) mass is 547 g/mol. The zero-order valence-electron chi connectivity index (χ0n) is 22.8. The van der Waals surface area contributed by atoms with Crippen molar-refractivity contribution in [3.8, 4) is 0 Å². The summed E-state index contributed by atoms with van der Waals surface area (Å²) in [5, 5.41) is 22.8. The topological polar surface area (TPSA) is 95.6 Å². The molecule has 3 heterocycles. The molecule has 2 aromatic heterocycles. The van der Waals surface area contributed by atoms with Gasteiger partial charge in [-0.3, -0.25) is 4.79 Å². The molecule has 9 heteroatoms.